The molecular weight excluding hydrogens is 437 g/mol. The van der Waals surface area contributed by atoms with Gasteiger partial charge in [0.1, 0.15) is 16.7 Å². The number of rotatable bonds is 5. The predicted octanol–water partition coefficient (Wildman–Crippen LogP) is 4.79. The topological polar surface area (TPSA) is 101 Å². The van der Waals surface area contributed by atoms with Crippen molar-refractivity contribution in [2.45, 2.75) is 32.7 Å². The van der Waals surface area contributed by atoms with Gasteiger partial charge in [0.15, 0.2) is 0 Å². The molecule has 2 N–H and O–H groups in total. The van der Waals surface area contributed by atoms with Crippen LogP contribution in [-0.4, -0.2) is 26.5 Å². The van der Waals surface area contributed by atoms with E-state index in [1.54, 1.807) is 19.1 Å². The van der Waals surface area contributed by atoms with Crippen LogP contribution in [0.4, 0.5) is 5.69 Å². The van der Waals surface area contributed by atoms with E-state index in [0.29, 0.717) is 26.4 Å². The predicted molar refractivity (Wildman–Crippen MR) is 115 cm³/mol. The number of hydrogen-bond acceptors (Lipinski definition) is 5. The molecule has 1 atom stereocenters. The lowest BCUT2D eigenvalue weighted by atomic mass is 10.1. The Morgan fingerprint density at radius 1 is 1.24 bits per heavy atom. The van der Waals surface area contributed by atoms with Gasteiger partial charge in [-0.25, -0.2) is 9.78 Å². The highest BCUT2D eigenvalue weighted by Crippen LogP contribution is 2.28. The molecule has 0 saturated heterocycles. The van der Waals surface area contributed by atoms with E-state index < -0.39 is 23.5 Å². The summed E-state index contributed by atoms with van der Waals surface area (Å²) in [6, 6.07) is 3.68. The van der Waals surface area contributed by atoms with E-state index in [-0.39, 0.29) is 16.9 Å². The smallest absolute Gasteiger partial charge is 0.337 e. The number of anilines is 1. The van der Waals surface area contributed by atoms with Crippen molar-refractivity contribution >= 4 is 62.3 Å². The molecule has 0 spiro atoms. The largest absolute Gasteiger partial charge is 0.478 e. The summed E-state index contributed by atoms with van der Waals surface area (Å²) in [5.41, 5.74) is -0.389. The highest BCUT2D eigenvalue weighted by Gasteiger charge is 2.26. The lowest BCUT2D eigenvalue weighted by Crippen LogP contribution is -2.35. The monoisotopic (exact) mass is 453 g/mol. The number of nitrogens with one attached hydrogen (secondary N) is 1. The van der Waals surface area contributed by atoms with Crippen molar-refractivity contribution in [2.75, 3.05) is 5.32 Å². The molecule has 1 unspecified atom stereocenters. The fourth-order valence-electron chi connectivity index (χ4n) is 2.91. The van der Waals surface area contributed by atoms with Crippen molar-refractivity contribution < 1.29 is 14.7 Å². The Labute approximate surface area is 179 Å². The number of carboxylic acids is 1. The first-order chi connectivity index (χ1) is 13.6. The van der Waals surface area contributed by atoms with Crippen LogP contribution in [-0.2, 0) is 4.79 Å². The zero-order chi connectivity index (χ0) is 21.5. The van der Waals surface area contributed by atoms with Gasteiger partial charge in [-0.3, -0.25) is 14.2 Å². The highest BCUT2D eigenvalue weighted by molar-refractivity contribution is 7.17. The molecule has 152 valence electrons. The van der Waals surface area contributed by atoms with Crippen LogP contribution in [0.1, 0.15) is 48.9 Å². The highest BCUT2D eigenvalue weighted by atomic mass is 35.5. The Morgan fingerprint density at radius 3 is 2.55 bits per heavy atom. The van der Waals surface area contributed by atoms with Gasteiger partial charge in [-0.15, -0.1) is 11.3 Å². The van der Waals surface area contributed by atoms with Crippen molar-refractivity contribution in [1.82, 2.24) is 9.55 Å². The summed E-state index contributed by atoms with van der Waals surface area (Å²) in [5, 5.41) is 14.1. The van der Waals surface area contributed by atoms with Crippen molar-refractivity contribution in [3.8, 4) is 0 Å². The molecule has 1 aromatic carbocycles. The number of carbonyl (C=O) groups is 2. The van der Waals surface area contributed by atoms with E-state index >= 15 is 0 Å². The second-order valence-corrected chi connectivity index (χ2v) is 8.43. The zero-order valence-electron chi connectivity index (χ0n) is 15.7. The van der Waals surface area contributed by atoms with Crippen molar-refractivity contribution in [1.29, 1.82) is 0 Å². The van der Waals surface area contributed by atoms with Crippen molar-refractivity contribution in [3.63, 3.8) is 0 Å². The van der Waals surface area contributed by atoms with Crippen LogP contribution in [0, 0.1) is 0 Å². The fraction of sp³-hybridized carbons (Fsp3) is 0.263. The summed E-state index contributed by atoms with van der Waals surface area (Å²) in [5.74, 6) is -1.51. The van der Waals surface area contributed by atoms with E-state index in [2.05, 4.69) is 10.3 Å². The van der Waals surface area contributed by atoms with Crippen molar-refractivity contribution in [3.05, 3.63) is 55.4 Å². The third kappa shape index (κ3) is 4.01. The van der Waals surface area contributed by atoms with Crippen LogP contribution >= 0.6 is 34.5 Å². The van der Waals surface area contributed by atoms with Gasteiger partial charge in [0.25, 0.3) is 5.56 Å². The summed E-state index contributed by atoms with van der Waals surface area (Å²) < 4.78 is 1.24. The molecule has 0 aliphatic heterocycles. The first-order valence-electron chi connectivity index (χ1n) is 8.64. The number of carbonyl (C=O) groups excluding carboxylic acids is 1. The number of nitrogens with zero attached hydrogens (tertiary/aromatic N) is 2. The average Bonchev–Trinajstić information content (AvgIpc) is 3.08. The number of halogens is 2. The number of hydrogen-bond donors (Lipinski definition) is 2. The Hall–Kier alpha value is -2.42. The normalized spacial score (nSPS) is 12.3. The molecular formula is C19H17Cl2N3O4S. The SMILES string of the molecule is CC(C)c1nc2scc(C(=O)O)c2c(=O)n1C(C)C(=O)Nc1cc(Cl)ccc1Cl. The van der Waals surface area contributed by atoms with Gasteiger partial charge in [-0.05, 0) is 25.1 Å². The Kier molecular flexibility index (Phi) is 5.97. The van der Waals surface area contributed by atoms with E-state index in [0.717, 1.165) is 11.3 Å². The number of aromatic carboxylic acids is 1. The van der Waals surface area contributed by atoms with Gasteiger partial charge in [0, 0.05) is 16.3 Å². The number of amides is 1. The molecule has 0 radical (unpaired) electrons. The lowest BCUT2D eigenvalue weighted by Gasteiger charge is -2.21. The summed E-state index contributed by atoms with van der Waals surface area (Å²) in [6.45, 7) is 5.23. The first-order valence-corrected chi connectivity index (χ1v) is 10.3. The minimum Gasteiger partial charge on any atom is -0.478 e. The number of benzene rings is 1. The fourth-order valence-corrected chi connectivity index (χ4v) is 4.15. The van der Waals surface area contributed by atoms with Gasteiger partial charge in [0.05, 0.1) is 21.7 Å². The summed E-state index contributed by atoms with van der Waals surface area (Å²) in [7, 11) is 0. The molecule has 0 fully saturated rings. The third-order valence-corrected chi connectivity index (χ3v) is 5.80. The molecule has 3 aromatic rings. The number of thiophene rings is 1. The molecule has 0 aliphatic rings. The summed E-state index contributed by atoms with van der Waals surface area (Å²) in [4.78, 5) is 42.4. The molecule has 10 heteroatoms. The zero-order valence-corrected chi connectivity index (χ0v) is 18.0. The Morgan fingerprint density at radius 2 is 1.93 bits per heavy atom. The summed E-state index contributed by atoms with van der Waals surface area (Å²) in [6.07, 6.45) is 0. The van der Waals surface area contributed by atoms with E-state index in [4.69, 9.17) is 23.2 Å². The molecule has 3 rings (SSSR count). The minimum absolute atomic E-state index is 0.00709. The second-order valence-electron chi connectivity index (χ2n) is 6.72. The summed E-state index contributed by atoms with van der Waals surface area (Å²) >= 11 is 13.1. The van der Waals surface area contributed by atoms with Gasteiger partial charge in [-0.2, -0.15) is 0 Å². The average molecular weight is 454 g/mol. The van der Waals surface area contributed by atoms with Gasteiger partial charge in [0.2, 0.25) is 5.91 Å². The van der Waals surface area contributed by atoms with Crippen LogP contribution in [0.2, 0.25) is 10.0 Å². The molecule has 2 aromatic heterocycles. The maximum absolute atomic E-state index is 13.2. The lowest BCUT2D eigenvalue weighted by molar-refractivity contribution is -0.118. The number of carboxylic acid groups (broad SMARTS) is 1. The van der Waals surface area contributed by atoms with Crippen LogP contribution in [0.5, 0.6) is 0 Å². The molecule has 7 nitrogen and oxygen atoms in total. The maximum atomic E-state index is 13.2. The second kappa shape index (κ2) is 8.14. The van der Waals surface area contributed by atoms with Crippen LogP contribution in [0.3, 0.4) is 0 Å². The van der Waals surface area contributed by atoms with Crippen LogP contribution in [0.25, 0.3) is 10.2 Å². The van der Waals surface area contributed by atoms with Crippen molar-refractivity contribution in [2.24, 2.45) is 0 Å². The van der Waals surface area contributed by atoms with E-state index in [9.17, 15) is 19.5 Å². The molecule has 0 aliphatic carbocycles. The molecule has 2 heterocycles. The van der Waals surface area contributed by atoms with Gasteiger partial charge in [-0.1, -0.05) is 37.0 Å². The van der Waals surface area contributed by atoms with Gasteiger partial charge < -0.3 is 10.4 Å². The van der Waals surface area contributed by atoms with E-state index in [1.165, 1.54) is 16.0 Å². The molecule has 1 amide bonds. The minimum atomic E-state index is -1.22. The first kappa shape index (κ1) is 21.3. The number of aromatic nitrogens is 2. The Balaban J connectivity index is 2.12. The van der Waals surface area contributed by atoms with Crippen LogP contribution < -0.4 is 10.9 Å². The van der Waals surface area contributed by atoms with Gasteiger partial charge >= 0.3 is 5.97 Å². The molecule has 0 saturated carbocycles. The number of fused-ring (bicyclic) bond motifs is 1. The van der Waals surface area contributed by atoms with Crippen LogP contribution in [0.15, 0.2) is 28.4 Å². The third-order valence-electron chi connectivity index (χ3n) is 4.37. The molecule has 0 bridgehead atoms. The van der Waals surface area contributed by atoms with E-state index in [1.807, 2.05) is 13.8 Å². The maximum Gasteiger partial charge on any atom is 0.337 e. The Bertz CT molecular complexity index is 1190. The molecule has 29 heavy (non-hydrogen) atoms. The standard InChI is InChI=1S/C19H17Cl2N3O4S/c1-8(2)15-23-17-14(11(7-29-17)19(27)28)18(26)24(15)9(3)16(25)22-13-6-10(20)4-5-12(13)21/h4-9H,1-3H3,(H,22,25)(H,27,28). The quantitative estimate of drug-likeness (QED) is 0.578.